The molecule has 0 amide bonds. The molecule has 3 rings (SSSR count). The lowest BCUT2D eigenvalue weighted by molar-refractivity contribution is -0.0868. The van der Waals surface area contributed by atoms with Crippen LogP contribution in [0.25, 0.3) is 0 Å². The minimum absolute atomic E-state index is 0.129. The minimum atomic E-state index is -3.56. The van der Waals surface area contributed by atoms with Crippen LogP contribution in [0, 0.1) is 6.92 Å². The third-order valence-corrected chi connectivity index (χ3v) is 6.22. The van der Waals surface area contributed by atoms with Crippen LogP contribution in [-0.2, 0) is 19.5 Å². The van der Waals surface area contributed by atoms with Crippen molar-refractivity contribution < 1.29 is 17.9 Å². The van der Waals surface area contributed by atoms with Gasteiger partial charge >= 0.3 is 0 Å². The molecular weight excluding hydrogens is 326 g/mol. The number of halogens is 1. The van der Waals surface area contributed by atoms with Crippen molar-refractivity contribution in [3.05, 3.63) is 28.8 Å². The maximum absolute atomic E-state index is 12.6. The molecule has 7 heteroatoms. The summed E-state index contributed by atoms with van der Waals surface area (Å²) >= 11 is 5.90. The fourth-order valence-electron chi connectivity index (χ4n) is 3.19. The van der Waals surface area contributed by atoms with E-state index in [1.54, 1.807) is 25.1 Å². The van der Waals surface area contributed by atoms with Crippen molar-refractivity contribution in [1.29, 1.82) is 0 Å². The maximum Gasteiger partial charge on any atom is 0.241 e. The topological polar surface area (TPSA) is 64.6 Å². The summed E-state index contributed by atoms with van der Waals surface area (Å²) in [4.78, 5) is 0.278. The van der Waals surface area contributed by atoms with E-state index >= 15 is 0 Å². The quantitative estimate of drug-likeness (QED) is 0.912. The Labute approximate surface area is 136 Å². The van der Waals surface area contributed by atoms with Crippen molar-refractivity contribution in [3.63, 3.8) is 0 Å². The smallest absolute Gasteiger partial charge is 0.241 e. The monoisotopic (exact) mass is 345 g/mol. The first kappa shape index (κ1) is 16.2. The summed E-state index contributed by atoms with van der Waals surface area (Å²) in [5.41, 5.74) is 0.325. The van der Waals surface area contributed by atoms with E-state index in [2.05, 4.69) is 4.72 Å². The summed E-state index contributed by atoms with van der Waals surface area (Å²) in [6.07, 6.45) is 2.15. The van der Waals surface area contributed by atoms with Crippen LogP contribution in [0.1, 0.15) is 24.8 Å². The van der Waals surface area contributed by atoms with Crippen LogP contribution in [0.3, 0.4) is 0 Å². The Morgan fingerprint density at radius 2 is 2.18 bits per heavy atom. The lowest BCUT2D eigenvalue weighted by atomic mass is 9.90. The first-order valence-electron chi connectivity index (χ1n) is 7.40. The Morgan fingerprint density at radius 3 is 2.86 bits per heavy atom. The van der Waals surface area contributed by atoms with Crippen LogP contribution < -0.4 is 4.72 Å². The third kappa shape index (κ3) is 3.31. The van der Waals surface area contributed by atoms with Gasteiger partial charge in [-0.2, -0.15) is 0 Å². The lowest BCUT2D eigenvalue weighted by Gasteiger charge is -2.37. The number of benzene rings is 1. The second-order valence-electron chi connectivity index (χ2n) is 6.05. The van der Waals surface area contributed by atoms with Gasteiger partial charge in [-0.25, -0.2) is 13.1 Å². The second kappa shape index (κ2) is 6.09. The molecule has 2 aliphatic rings. The zero-order valence-corrected chi connectivity index (χ0v) is 14.0. The summed E-state index contributed by atoms with van der Waals surface area (Å²) in [6.45, 7) is 3.52. The molecule has 1 aromatic carbocycles. The minimum Gasteiger partial charge on any atom is -0.378 e. The first-order chi connectivity index (χ1) is 10.4. The van der Waals surface area contributed by atoms with Crippen molar-refractivity contribution in [2.75, 3.05) is 19.8 Å². The van der Waals surface area contributed by atoms with Gasteiger partial charge in [0.2, 0.25) is 10.0 Å². The van der Waals surface area contributed by atoms with Crippen molar-refractivity contribution in [3.8, 4) is 0 Å². The first-order valence-corrected chi connectivity index (χ1v) is 9.27. The van der Waals surface area contributed by atoms with E-state index in [1.165, 1.54) is 0 Å². The summed E-state index contributed by atoms with van der Waals surface area (Å²) in [5, 5.41) is 0.532. The van der Waals surface area contributed by atoms with Gasteiger partial charge in [0.15, 0.2) is 0 Å². The predicted octanol–water partition coefficient (Wildman–Crippen LogP) is 2.26. The van der Waals surface area contributed by atoms with Crippen molar-refractivity contribution in [2.45, 2.75) is 42.7 Å². The molecule has 0 bridgehead atoms. The average molecular weight is 346 g/mol. The number of hydrogen-bond acceptors (Lipinski definition) is 4. The van der Waals surface area contributed by atoms with Crippen LogP contribution in [0.2, 0.25) is 5.02 Å². The molecule has 1 spiro atoms. The molecule has 0 radical (unpaired) electrons. The fraction of sp³-hybridized carbons (Fsp3) is 0.600. The molecule has 22 heavy (non-hydrogen) atoms. The largest absolute Gasteiger partial charge is 0.378 e. The highest BCUT2D eigenvalue weighted by molar-refractivity contribution is 7.89. The van der Waals surface area contributed by atoms with Gasteiger partial charge in [-0.3, -0.25) is 0 Å². The van der Waals surface area contributed by atoms with Gasteiger partial charge in [-0.15, -0.1) is 0 Å². The maximum atomic E-state index is 12.6. The summed E-state index contributed by atoms with van der Waals surface area (Å²) in [6, 6.07) is 4.68. The van der Waals surface area contributed by atoms with E-state index in [1.807, 2.05) is 0 Å². The molecule has 0 aromatic heterocycles. The summed E-state index contributed by atoms with van der Waals surface area (Å²) in [5.74, 6) is 0. The molecule has 2 saturated heterocycles. The zero-order valence-electron chi connectivity index (χ0n) is 12.5. The fourth-order valence-corrected chi connectivity index (χ4v) is 4.91. The molecule has 1 aromatic rings. The highest BCUT2D eigenvalue weighted by Crippen LogP contribution is 2.33. The normalized spacial score (nSPS) is 29.1. The molecule has 122 valence electrons. The average Bonchev–Trinajstić information content (AvgIpc) is 2.85. The molecule has 0 aliphatic carbocycles. The number of ether oxygens (including phenoxy) is 2. The number of rotatable bonds is 3. The van der Waals surface area contributed by atoms with Gasteiger partial charge in [-0.05, 0) is 43.5 Å². The van der Waals surface area contributed by atoms with Crippen LogP contribution in [0.15, 0.2) is 23.1 Å². The number of hydrogen-bond donors (Lipinski definition) is 1. The summed E-state index contributed by atoms with van der Waals surface area (Å²) < 4.78 is 39.3. The zero-order chi connectivity index (χ0) is 15.8. The second-order valence-corrected chi connectivity index (χ2v) is 8.17. The number of aryl methyl sites for hydroxylation is 1. The van der Waals surface area contributed by atoms with Gasteiger partial charge < -0.3 is 9.47 Å². The van der Waals surface area contributed by atoms with Gasteiger partial charge in [0.05, 0.1) is 17.1 Å². The van der Waals surface area contributed by atoms with E-state index < -0.39 is 10.0 Å². The highest BCUT2D eigenvalue weighted by Gasteiger charge is 2.42. The molecule has 0 unspecified atom stereocenters. The summed E-state index contributed by atoms with van der Waals surface area (Å²) in [7, 11) is -3.56. The van der Waals surface area contributed by atoms with E-state index in [9.17, 15) is 8.42 Å². The Morgan fingerprint density at radius 1 is 1.36 bits per heavy atom. The molecule has 0 saturated carbocycles. The number of sulfonamides is 1. The standard InChI is InChI=1S/C15H20ClNO4S/c1-11-8-12(16)2-3-14(11)22(18,19)17-13-4-6-21-15(9-13)5-7-20-10-15/h2-3,8,13,17H,4-7,9-10H2,1H3/t13-,15-/m0/s1. The predicted molar refractivity (Wildman–Crippen MR) is 83.7 cm³/mol. The van der Waals surface area contributed by atoms with Gasteiger partial charge in [0.25, 0.3) is 0 Å². The van der Waals surface area contributed by atoms with E-state index in [4.69, 9.17) is 21.1 Å². The van der Waals surface area contributed by atoms with E-state index in [0.29, 0.717) is 43.2 Å². The number of nitrogens with one attached hydrogen (secondary N) is 1. The van der Waals surface area contributed by atoms with Crippen LogP contribution >= 0.6 is 11.6 Å². The van der Waals surface area contributed by atoms with Crippen LogP contribution in [0.5, 0.6) is 0 Å². The lowest BCUT2D eigenvalue weighted by Crippen LogP contribution is -2.49. The molecular formula is C15H20ClNO4S. The SMILES string of the molecule is Cc1cc(Cl)ccc1S(=O)(=O)N[C@H]1CCO[C@@]2(CCOC2)C1. The van der Waals surface area contributed by atoms with E-state index in [-0.39, 0.29) is 16.5 Å². The van der Waals surface area contributed by atoms with Crippen molar-refractivity contribution >= 4 is 21.6 Å². The molecule has 2 fully saturated rings. The van der Waals surface area contributed by atoms with Gasteiger partial charge in [0.1, 0.15) is 0 Å². The Hall–Kier alpha value is -0.660. The van der Waals surface area contributed by atoms with Gasteiger partial charge in [-0.1, -0.05) is 11.6 Å². The third-order valence-electron chi connectivity index (χ3n) is 4.31. The van der Waals surface area contributed by atoms with Crippen molar-refractivity contribution in [1.82, 2.24) is 4.72 Å². The molecule has 2 heterocycles. The van der Waals surface area contributed by atoms with Crippen molar-refractivity contribution in [2.24, 2.45) is 0 Å². The highest BCUT2D eigenvalue weighted by atomic mass is 35.5. The molecule has 2 atom stereocenters. The van der Waals surface area contributed by atoms with Crippen LogP contribution in [0.4, 0.5) is 0 Å². The molecule has 1 N–H and O–H groups in total. The molecule has 2 aliphatic heterocycles. The Bertz CT molecular complexity index is 656. The Balaban J connectivity index is 1.76. The van der Waals surface area contributed by atoms with E-state index in [0.717, 1.165) is 6.42 Å². The van der Waals surface area contributed by atoms with Crippen LogP contribution in [-0.4, -0.2) is 39.9 Å². The Kier molecular flexibility index (Phi) is 4.49. The molecule has 5 nitrogen and oxygen atoms in total. The van der Waals surface area contributed by atoms with Gasteiger partial charge in [0, 0.05) is 30.7 Å².